The number of anilines is 1. The maximum Gasteiger partial charge on any atom is 0.323 e. The molecule has 0 spiro atoms. The smallest absolute Gasteiger partial charge is 0.307 e. The summed E-state index contributed by atoms with van der Waals surface area (Å²) in [5.74, 6) is 0. The van der Waals surface area contributed by atoms with Crippen LogP contribution in [0.25, 0.3) is 5.70 Å². The van der Waals surface area contributed by atoms with E-state index in [0.29, 0.717) is 11.3 Å². The van der Waals surface area contributed by atoms with Crippen molar-refractivity contribution in [3.05, 3.63) is 70.8 Å². The van der Waals surface area contributed by atoms with Crippen LogP contribution in [0.3, 0.4) is 0 Å². The zero-order chi connectivity index (χ0) is 20.1. The van der Waals surface area contributed by atoms with Crippen LogP contribution in [-0.4, -0.2) is 6.03 Å². The van der Waals surface area contributed by atoms with Gasteiger partial charge in [0.05, 0.1) is 17.3 Å². The van der Waals surface area contributed by atoms with E-state index in [1.165, 1.54) is 5.56 Å². The van der Waals surface area contributed by atoms with Gasteiger partial charge < -0.3 is 10.6 Å². The lowest BCUT2D eigenvalue weighted by Crippen LogP contribution is -2.36. The van der Waals surface area contributed by atoms with Crippen molar-refractivity contribution in [2.24, 2.45) is 5.41 Å². The van der Waals surface area contributed by atoms with Crippen LogP contribution in [0, 0.1) is 16.7 Å². The normalized spacial score (nSPS) is 14.8. The van der Waals surface area contributed by atoms with E-state index in [1.54, 1.807) is 0 Å². The molecule has 4 heteroatoms. The van der Waals surface area contributed by atoms with Crippen LogP contribution in [0.4, 0.5) is 10.5 Å². The van der Waals surface area contributed by atoms with E-state index in [0.717, 1.165) is 42.5 Å². The molecule has 0 unspecified atom stereocenters. The summed E-state index contributed by atoms with van der Waals surface area (Å²) in [6.45, 7) is 6.29. The lowest BCUT2D eigenvalue weighted by molar-refractivity contribution is 0.255. The van der Waals surface area contributed by atoms with Gasteiger partial charge in [-0.25, -0.2) is 4.79 Å². The number of amides is 2. The Bertz CT molecular complexity index is 948. The molecule has 2 amide bonds. The Morgan fingerprint density at radius 1 is 1.04 bits per heavy atom. The maximum atomic E-state index is 12.8. The van der Waals surface area contributed by atoms with E-state index < -0.39 is 0 Å². The van der Waals surface area contributed by atoms with Crippen molar-refractivity contribution in [1.29, 1.82) is 5.26 Å². The molecule has 0 saturated carbocycles. The van der Waals surface area contributed by atoms with Crippen LogP contribution < -0.4 is 10.6 Å². The van der Waals surface area contributed by atoms with Gasteiger partial charge in [0, 0.05) is 16.7 Å². The highest BCUT2D eigenvalue weighted by molar-refractivity contribution is 5.97. The zero-order valence-corrected chi connectivity index (χ0v) is 16.8. The van der Waals surface area contributed by atoms with Gasteiger partial charge in [0.2, 0.25) is 0 Å². The van der Waals surface area contributed by atoms with Gasteiger partial charge in [-0.1, -0.05) is 63.2 Å². The molecule has 0 aliphatic heterocycles. The van der Waals surface area contributed by atoms with Crippen LogP contribution in [0.5, 0.6) is 0 Å². The van der Waals surface area contributed by atoms with Crippen molar-refractivity contribution in [3.63, 3.8) is 0 Å². The minimum absolute atomic E-state index is 0.243. The van der Waals surface area contributed by atoms with Gasteiger partial charge in [0.1, 0.15) is 0 Å². The SMILES string of the molecule is CCc1ccccc1NC(=O)NC1=C(C#N)C(CC)(CC)Cc2ccccc21. The fourth-order valence-corrected chi connectivity index (χ4v) is 4.15. The highest BCUT2D eigenvalue weighted by Crippen LogP contribution is 2.46. The van der Waals surface area contributed by atoms with E-state index in [9.17, 15) is 10.1 Å². The number of hydrogen-bond donors (Lipinski definition) is 2. The number of aryl methyl sites for hydroxylation is 1. The molecule has 0 bridgehead atoms. The quantitative estimate of drug-likeness (QED) is 0.709. The highest BCUT2D eigenvalue weighted by atomic mass is 16.2. The lowest BCUT2D eigenvalue weighted by Gasteiger charge is -2.38. The Hall–Kier alpha value is -3.06. The number of rotatable bonds is 5. The van der Waals surface area contributed by atoms with E-state index in [1.807, 2.05) is 42.5 Å². The molecule has 0 fully saturated rings. The van der Waals surface area contributed by atoms with Gasteiger partial charge >= 0.3 is 6.03 Å². The van der Waals surface area contributed by atoms with Crippen LogP contribution in [0.15, 0.2) is 54.1 Å². The van der Waals surface area contributed by atoms with E-state index >= 15 is 0 Å². The van der Waals surface area contributed by atoms with Gasteiger partial charge in [0.15, 0.2) is 0 Å². The van der Waals surface area contributed by atoms with Crippen molar-refractivity contribution in [3.8, 4) is 6.07 Å². The second-order valence-corrected chi connectivity index (χ2v) is 7.27. The number of carbonyl (C=O) groups excluding carboxylic acids is 1. The van der Waals surface area contributed by atoms with Crippen molar-refractivity contribution in [2.75, 3.05) is 5.32 Å². The molecule has 2 aromatic carbocycles. The Morgan fingerprint density at radius 3 is 2.39 bits per heavy atom. The topological polar surface area (TPSA) is 64.9 Å². The molecule has 0 atom stereocenters. The predicted octanol–water partition coefficient (Wildman–Crippen LogP) is 5.67. The molecule has 28 heavy (non-hydrogen) atoms. The third-order valence-electron chi connectivity index (χ3n) is 5.95. The van der Waals surface area contributed by atoms with Crippen molar-refractivity contribution < 1.29 is 4.79 Å². The first-order valence-corrected chi connectivity index (χ1v) is 9.97. The monoisotopic (exact) mass is 373 g/mol. The van der Waals surface area contributed by atoms with E-state index in [2.05, 4.69) is 43.5 Å². The number of urea groups is 1. The summed E-state index contributed by atoms with van der Waals surface area (Å²) >= 11 is 0. The Morgan fingerprint density at radius 2 is 1.71 bits per heavy atom. The van der Waals surface area contributed by atoms with E-state index in [-0.39, 0.29) is 11.4 Å². The van der Waals surface area contributed by atoms with E-state index in [4.69, 9.17) is 0 Å². The fraction of sp³-hybridized carbons (Fsp3) is 0.333. The Labute approximate surface area is 167 Å². The van der Waals surface area contributed by atoms with Crippen molar-refractivity contribution >= 4 is 17.4 Å². The highest BCUT2D eigenvalue weighted by Gasteiger charge is 2.39. The first-order valence-electron chi connectivity index (χ1n) is 9.97. The first-order chi connectivity index (χ1) is 13.6. The molecule has 1 aliphatic carbocycles. The van der Waals surface area contributed by atoms with Crippen LogP contribution in [0.1, 0.15) is 50.3 Å². The standard InChI is InChI=1S/C24H27N3O/c1-4-17-11-8-10-14-21(17)26-23(28)27-22-19-13-9-7-12-18(19)15-24(5-2,6-3)20(22)16-25/h7-14H,4-6,15H2,1-3H3,(H2,26,27,28). The number of benzene rings is 2. The molecule has 144 valence electrons. The van der Waals surface area contributed by atoms with Gasteiger partial charge in [0.25, 0.3) is 0 Å². The zero-order valence-electron chi connectivity index (χ0n) is 16.8. The molecule has 2 N–H and O–H groups in total. The van der Waals surface area contributed by atoms with Gasteiger partial charge in [-0.3, -0.25) is 0 Å². The number of nitriles is 1. The average molecular weight is 374 g/mol. The van der Waals surface area contributed by atoms with Crippen LogP contribution in [-0.2, 0) is 12.8 Å². The first kappa shape index (κ1) is 19.7. The van der Waals surface area contributed by atoms with Gasteiger partial charge in [-0.15, -0.1) is 0 Å². The number of fused-ring (bicyclic) bond motifs is 1. The molecular weight excluding hydrogens is 346 g/mol. The molecule has 0 saturated heterocycles. The number of para-hydroxylation sites is 1. The molecule has 0 radical (unpaired) electrons. The summed E-state index contributed by atoms with van der Waals surface area (Å²) < 4.78 is 0. The minimum atomic E-state index is -0.318. The van der Waals surface area contributed by atoms with Gasteiger partial charge in [-0.2, -0.15) is 5.26 Å². The molecule has 0 aromatic heterocycles. The molecule has 0 heterocycles. The lowest BCUT2D eigenvalue weighted by atomic mass is 9.66. The Kier molecular flexibility index (Phi) is 5.84. The number of carbonyl (C=O) groups is 1. The summed E-state index contributed by atoms with van der Waals surface area (Å²) in [5.41, 5.74) is 5.06. The minimum Gasteiger partial charge on any atom is -0.307 e. The summed E-state index contributed by atoms with van der Waals surface area (Å²) in [6.07, 6.45) is 3.36. The number of nitrogens with one attached hydrogen (secondary N) is 2. The van der Waals surface area contributed by atoms with Crippen molar-refractivity contribution in [1.82, 2.24) is 5.32 Å². The summed E-state index contributed by atoms with van der Waals surface area (Å²) in [7, 11) is 0. The molecule has 3 rings (SSSR count). The average Bonchev–Trinajstić information content (AvgIpc) is 2.73. The number of hydrogen-bond acceptors (Lipinski definition) is 2. The van der Waals surface area contributed by atoms with Crippen molar-refractivity contribution in [2.45, 2.75) is 46.5 Å². The van der Waals surface area contributed by atoms with Gasteiger partial charge in [-0.05, 0) is 42.9 Å². The molecule has 1 aliphatic rings. The molecule has 4 nitrogen and oxygen atoms in total. The van der Waals surface area contributed by atoms with Crippen LogP contribution in [0.2, 0.25) is 0 Å². The molecule has 2 aromatic rings. The van der Waals surface area contributed by atoms with Crippen LogP contribution >= 0.6 is 0 Å². The third-order valence-corrected chi connectivity index (χ3v) is 5.95. The predicted molar refractivity (Wildman–Crippen MR) is 114 cm³/mol. The number of nitrogens with zero attached hydrogens (tertiary/aromatic N) is 1. The number of allylic oxidation sites excluding steroid dienone is 1. The largest absolute Gasteiger partial charge is 0.323 e. The summed E-state index contributed by atoms with van der Waals surface area (Å²) in [4.78, 5) is 12.8. The third kappa shape index (κ3) is 3.53. The fourth-order valence-electron chi connectivity index (χ4n) is 4.15. The summed E-state index contributed by atoms with van der Waals surface area (Å²) in [5, 5.41) is 16.0. The second kappa shape index (κ2) is 8.31. The second-order valence-electron chi connectivity index (χ2n) is 7.27. The molecular formula is C24H27N3O. The Balaban J connectivity index is 2.00. The maximum absolute atomic E-state index is 12.8. The summed E-state index contributed by atoms with van der Waals surface area (Å²) in [6, 6.07) is 17.9.